The molecular weight excluding hydrogens is 184 g/mol. The molecule has 1 heterocycles. The summed E-state index contributed by atoms with van der Waals surface area (Å²) in [4.78, 5) is 2.64. The standard InChI is InChI=1S/C13H28N2/c1-4-8-13(3,11-14)15-9-5-6-12(2)7-10-15/h12H,4-11,14H2,1-3H3. The third-order valence-corrected chi connectivity index (χ3v) is 4.01. The first-order valence-electron chi connectivity index (χ1n) is 6.57. The maximum atomic E-state index is 5.97. The molecule has 2 unspecified atom stereocenters. The van der Waals surface area contributed by atoms with Crippen molar-refractivity contribution >= 4 is 0 Å². The van der Waals surface area contributed by atoms with Crippen molar-refractivity contribution in [3.63, 3.8) is 0 Å². The van der Waals surface area contributed by atoms with Gasteiger partial charge in [0.1, 0.15) is 0 Å². The van der Waals surface area contributed by atoms with Crippen molar-refractivity contribution in [1.82, 2.24) is 4.90 Å². The zero-order chi connectivity index (χ0) is 11.3. The second-order valence-corrected chi connectivity index (χ2v) is 5.47. The lowest BCUT2D eigenvalue weighted by Gasteiger charge is -2.40. The van der Waals surface area contributed by atoms with E-state index in [1.807, 2.05) is 0 Å². The predicted octanol–water partition coefficient (Wildman–Crippen LogP) is 2.63. The first-order chi connectivity index (χ1) is 7.12. The van der Waals surface area contributed by atoms with Crippen molar-refractivity contribution in [2.75, 3.05) is 19.6 Å². The van der Waals surface area contributed by atoms with E-state index in [0.29, 0.717) is 0 Å². The highest BCUT2D eigenvalue weighted by molar-refractivity contribution is 4.88. The molecule has 0 bridgehead atoms. The quantitative estimate of drug-likeness (QED) is 0.776. The lowest BCUT2D eigenvalue weighted by Crippen LogP contribution is -2.52. The Balaban J connectivity index is 2.58. The van der Waals surface area contributed by atoms with Gasteiger partial charge in [-0.25, -0.2) is 0 Å². The summed E-state index contributed by atoms with van der Waals surface area (Å²) in [6, 6.07) is 0. The van der Waals surface area contributed by atoms with E-state index in [0.717, 1.165) is 12.5 Å². The van der Waals surface area contributed by atoms with Gasteiger partial charge in [-0.2, -0.15) is 0 Å². The number of nitrogens with two attached hydrogens (primary N) is 1. The Hall–Kier alpha value is -0.0800. The van der Waals surface area contributed by atoms with E-state index in [-0.39, 0.29) is 5.54 Å². The minimum Gasteiger partial charge on any atom is -0.329 e. The molecule has 15 heavy (non-hydrogen) atoms. The molecule has 0 aromatic rings. The maximum Gasteiger partial charge on any atom is 0.0303 e. The summed E-state index contributed by atoms with van der Waals surface area (Å²) < 4.78 is 0. The second kappa shape index (κ2) is 5.86. The third-order valence-electron chi connectivity index (χ3n) is 4.01. The Bertz CT molecular complexity index is 181. The number of rotatable bonds is 4. The fourth-order valence-electron chi connectivity index (χ4n) is 2.73. The fraction of sp³-hybridized carbons (Fsp3) is 1.00. The monoisotopic (exact) mass is 212 g/mol. The fourth-order valence-corrected chi connectivity index (χ4v) is 2.73. The molecular formula is C13H28N2. The highest BCUT2D eigenvalue weighted by Gasteiger charge is 2.30. The number of hydrogen-bond acceptors (Lipinski definition) is 2. The van der Waals surface area contributed by atoms with E-state index in [1.54, 1.807) is 0 Å². The van der Waals surface area contributed by atoms with Gasteiger partial charge in [-0.15, -0.1) is 0 Å². The van der Waals surface area contributed by atoms with Crippen LogP contribution in [-0.2, 0) is 0 Å². The highest BCUT2D eigenvalue weighted by Crippen LogP contribution is 2.25. The van der Waals surface area contributed by atoms with E-state index < -0.39 is 0 Å². The highest BCUT2D eigenvalue weighted by atomic mass is 15.2. The summed E-state index contributed by atoms with van der Waals surface area (Å²) in [5.74, 6) is 0.902. The molecule has 1 aliphatic rings. The van der Waals surface area contributed by atoms with Gasteiger partial charge in [0.25, 0.3) is 0 Å². The first-order valence-corrected chi connectivity index (χ1v) is 6.57. The van der Waals surface area contributed by atoms with Crippen molar-refractivity contribution in [2.24, 2.45) is 11.7 Å². The van der Waals surface area contributed by atoms with Crippen LogP contribution in [0.3, 0.4) is 0 Å². The van der Waals surface area contributed by atoms with Crippen LogP contribution in [0.1, 0.15) is 52.9 Å². The van der Waals surface area contributed by atoms with Gasteiger partial charge in [0.2, 0.25) is 0 Å². The average Bonchev–Trinajstić information content (AvgIpc) is 2.43. The molecule has 1 saturated heterocycles. The lowest BCUT2D eigenvalue weighted by molar-refractivity contribution is 0.104. The molecule has 0 radical (unpaired) electrons. The van der Waals surface area contributed by atoms with E-state index >= 15 is 0 Å². The summed E-state index contributed by atoms with van der Waals surface area (Å²) in [7, 11) is 0. The SMILES string of the molecule is CCCC(C)(CN)N1CCCC(C)CC1. The number of hydrogen-bond donors (Lipinski definition) is 1. The van der Waals surface area contributed by atoms with Crippen molar-refractivity contribution in [2.45, 2.75) is 58.4 Å². The van der Waals surface area contributed by atoms with E-state index in [1.165, 1.54) is 45.2 Å². The van der Waals surface area contributed by atoms with E-state index in [9.17, 15) is 0 Å². The van der Waals surface area contributed by atoms with Gasteiger partial charge < -0.3 is 5.73 Å². The molecule has 1 rings (SSSR count). The van der Waals surface area contributed by atoms with Crippen molar-refractivity contribution in [3.8, 4) is 0 Å². The van der Waals surface area contributed by atoms with Crippen LogP contribution >= 0.6 is 0 Å². The van der Waals surface area contributed by atoms with Crippen LogP contribution in [0, 0.1) is 5.92 Å². The van der Waals surface area contributed by atoms with Gasteiger partial charge in [-0.05, 0) is 51.6 Å². The Morgan fingerprint density at radius 2 is 2.07 bits per heavy atom. The van der Waals surface area contributed by atoms with Crippen LogP contribution in [0.25, 0.3) is 0 Å². The summed E-state index contributed by atoms with van der Waals surface area (Å²) in [6.45, 7) is 10.3. The molecule has 0 aromatic carbocycles. The minimum absolute atomic E-state index is 0.249. The van der Waals surface area contributed by atoms with Crippen LogP contribution in [0.15, 0.2) is 0 Å². The molecule has 0 saturated carbocycles. The van der Waals surface area contributed by atoms with Crippen LogP contribution in [0.2, 0.25) is 0 Å². The van der Waals surface area contributed by atoms with Gasteiger partial charge in [0.05, 0.1) is 0 Å². The van der Waals surface area contributed by atoms with Gasteiger partial charge in [0.15, 0.2) is 0 Å². The van der Waals surface area contributed by atoms with E-state index in [4.69, 9.17) is 5.73 Å². The van der Waals surface area contributed by atoms with Crippen molar-refractivity contribution in [1.29, 1.82) is 0 Å². The number of nitrogens with zero attached hydrogens (tertiary/aromatic N) is 1. The van der Waals surface area contributed by atoms with Gasteiger partial charge >= 0.3 is 0 Å². The molecule has 0 aliphatic carbocycles. The summed E-state index contributed by atoms with van der Waals surface area (Å²) in [5.41, 5.74) is 6.22. The molecule has 2 atom stereocenters. The first kappa shape index (κ1) is 13.0. The molecule has 1 aliphatic heterocycles. The van der Waals surface area contributed by atoms with Crippen molar-refractivity contribution in [3.05, 3.63) is 0 Å². The van der Waals surface area contributed by atoms with Crippen LogP contribution in [0.5, 0.6) is 0 Å². The minimum atomic E-state index is 0.249. The normalized spacial score (nSPS) is 28.4. The molecule has 2 heteroatoms. The Morgan fingerprint density at radius 1 is 1.33 bits per heavy atom. The molecule has 2 N–H and O–H groups in total. The molecule has 90 valence electrons. The molecule has 0 spiro atoms. The second-order valence-electron chi connectivity index (χ2n) is 5.47. The van der Waals surface area contributed by atoms with Gasteiger partial charge in [-0.1, -0.05) is 20.3 Å². The summed E-state index contributed by atoms with van der Waals surface area (Å²) in [5, 5.41) is 0. The van der Waals surface area contributed by atoms with Crippen LogP contribution < -0.4 is 5.73 Å². The van der Waals surface area contributed by atoms with Crippen LogP contribution in [0.4, 0.5) is 0 Å². The van der Waals surface area contributed by atoms with Crippen LogP contribution in [-0.4, -0.2) is 30.1 Å². The van der Waals surface area contributed by atoms with Gasteiger partial charge in [-0.3, -0.25) is 4.90 Å². The lowest BCUT2D eigenvalue weighted by atomic mass is 9.93. The zero-order valence-corrected chi connectivity index (χ0v) is 10.8. The predicted molar refractivity (Wildman–Crippen MR) is 67.0 cm³/mol. The maximum absolute atomic E-state index is 5.97. The Kier molecular flexibility index (Phi) is 5.07. The summed E-state index contributed by atoms with van der Waals surface area (Å²) in [6.07, 6.45) is 6.56. The number of likely N-dealkylation sites (tertiary alicyclic amines) is 1. The van der Waals surface area contributed by atoms with Crippen molar-refractivity contribution < 1.29 is 0 Å². The smallest absolute Gasteiger partial charge is 0.0303 e. The third kappa shape index (κ3) is 3.46. The zero-order valence-electron chi connectivity index (χ0n) is 10.8. The Morgan fingerprint density at radius 3 is 2.67 bits per heavy atom. The topological polar surface area (TPSA) is 29.3 Å². The average molecular weight is 212 g/mol. The van der Waals surface area contributed by atoms with E-state index in [2.05, 4.69) is 25.7 Å². The summed E-state index contributed by atoms with van der Waals surface area (Å²) >= 11 is 0. The van der Waals surface area contributed by atoms with Gasteiger partial charge in [0, 0.05) is 12.1 Å². The largest absolute Gasteiger partial charge is 0.329 e. The Labute approximate surface area is 95.2 Å². The molecule has 1 fully saturated rings. The molecule has 2 nitrogen and oxygen atoms in total. The molecule has 0 amide bonds. The molecule has 0 aromatic heterocycles.